The Hall–Kier alpha value is -1.64. The number of anilines is 1. The first-order valence-corrected chi connectivity index (χ1v) is 7.99. The first kappa shape index (κ1) is 18.7. The Kier molecular flexibility index (Phi) is 5.84. The monoisotopic (exact) mass is 436 g/mol. The average molecular weight is 438 g/mol. The van der Waals surface area contributed by atoms with Gasteiger partial charge in [0.2, 0.25) is 0 Å². The van der Waals surface area contributed by atoms with Gasteiger partial charge in [0.1, 0.15) is 0 Å². The van der Waals surface area contributed by atoms with Crippen molar-refractivity contribution in [3.05, 3.63) is 63.1 Å². The van der Waals surface area contributed by atoms with Gasteiger partial charge in [-0.05, 0) is 54.7 Å². The third kappa shape index (κ3) is 4.93. The zero-order valence-corrected chi connectivity index (χ0v) is 14.9. The Bertz CT molecular complexity index is 781. The average Bonchev–Trinajstić information content (AvgIpc) is 2.48. The van der Waals surface area contributed by atoms with Crippen LogP contribution in [-0.4, -0.2) is 11.0 Å². The molecule has 0 aliphatic carbocycles. The lowest BCUT2D eigenvalue weighted by Gasteiger charge is -2.13. The smallest absolute Gasteiger partial charge is 0.331 e. The number of halogens is 5. The first-order chi connectivity index (χ1) is 11.2. The minimum absolute atomic E-state index is 0.0791. The van der Waals surface area contributed by atoms with E-state index in [-0.39, 0.29) is 15.8 Å². The molecule has 2 rings (SSSR count). The van der Waals surface area contributed by atoms with E-state index in [1.165, 1.54) is 0 Å². The second kappa shape index (κ2) is 7.50. The number of alkyl halides is 3. The van der Waals surface area contributed by atoms with Crippen molar-refractivity contribution in [2.24, 2.45) is 0 Å². The molecule has 0 saturated carbocycles. The molecule has 2 aromatic rings. The van der Waals surface area contributed by atoms with Gasteiger partial charge in [-0.25, -0.2) is 0 Å². The molecule has 2 aromatic carbocycles. The summed E-state index contributed by atoms with van der Waals surface area (Å²) in [5.74, 6) is -0.456. The highest BCUT2D eigenvalue weighted by molar-refractivity contribution is 9.10. The first-order valence-electron chi connectivity index (χ1n) is 6.41. The summed E-state index contributed by atoms with van der Waals surface area (Å²) >= 11 is 14.0. The van der Waals surface area contributed by atoms with Gasteiger partial charge in [-0.3, -0.25) is 10.1 Å². The fraction of sp³-hybridized carbons (Fsp3) is 0.0667. The molecule has 0 spiro atoms. The third-order valence-electron chi connectivity index (χ3n) is 2.88. The van der Waals surface area contributed by atoms with E-state index in [2.05, 4.69) is 26.6 Å². The molecule has 24 heavy (non-hydrogen) atoms. The van der Waals surface area contributed by atoms with Gasteiger partial charge in [-0.2, -0.15) is 13.2 Å². The highest BCUT2D eigenvalue weighted by Gasteiger charge is 2.30. The number of nitrogens with one attached hydrogen (secondary N) is 2. The fourth-order valence-corrected chi connectivity index (χ4v) is 2.42. The molecule has 0 fully saturated rings. The molecule has 0 saturated heterocycles. The molecule has 3 nitrogen and oxygen atoms in total. The molecule has 0 aliphatic rings. The zero-order chi connectivity index (χ0) is 17.9. The molecule has 0 radical (unpaired) electrons. The van der Waals surface area contributed by atoms with E-state index in [1.54, 1.807) is 24.3 Å². The Morgan fingerprint density at radius 2 is 1.75 bits per heavy atom. The SMILES string of the molecule is O=C(NC(=S)Nc1ccc(C(F)(F)F)cc1Cl)c1ccc(Br)cc1. The Balaban J connectivity index is 2.04. The van der Waals surface area contributed by atoms with Crippen LogP contribution in [-0.2, 0) is 6.18 Å². The number of benzene rings is 2. The van der Waals surface area contributed by atoms with Crippen LogP contribution in [0.5, 0.6) is 0 Å². The minimum atomic E-state index is -4.49. The summed E-state index contributed by atoms with van der Waals surface area (Å²) < 4.78 is 38.6. The van der Waals surface area contributed by atoms with Crippen LogP contribution in [0.25, 0.3) is 0 Å². The van der Waals surface area contributed by atoms with Crippen molar-refractivity contribution >= 4 is 56.5 Å². The molecule has 0 bridgehead atoms. The van der Waals surface area contributed by atoms with Crippen LogP contribution in [0.3, 0.4) is 0 Å². The van der Waals surface area contributed by atoms with E-state index < -0.39 is 17.6 Å². The van der Waals surface area contributed by atoms with Crippen molar-refractivity contribution in [1.29, 1.82) is 0 Å². The summed E-state index contributed by atoms with van der Waals surface area (Å²) in [6.07, 6.45) is -4.49. The standard InChI is InChI=1S/C15H9BrClF3N2OS/c16-10-4-1-8(2-5-10)13(23)22-14(24)21-12-6-3-9(7-11(12)17)15(18,19)20/h1-7H,(H2,21,22,23,24). The van der Waals surface area contributed by atoms with Gasteiger partial charge in [0.05, 0.1) is 16.3 Å². The van der Waals surface area contributed by atoms with E-state index >= 15 is 0 Å². The molecule has 9 heteroatoms. The Labute approximate surface area is 154 Å². The van der Waals surface area contributed by atoms with Crippen LogP contribution in [0.1, 0.15) is 15.9 Å². The van der Waals surface area contributed by atoms with Crippen molar-refractivity contribution in [3.8, 4) is 0 Å². The second-order valence-electron chi connectivity index (χ2n) is 4.61. The maximum atomic E-state index is 12.6. The van der Waals surface area contributed by atoms with E-state index in [0.717, 1.165) is 22.7 Å². The molecule has 0 aromatic heterocycles. The highest BCUT2D eigenvalue weighted by atomic mass is 79.9. The summed E-state index contributed by atoms with van der Waals surface area (Å²) in [6, 6.07) is 9.36. The summed E-state index contributed by atoms with van der Waals surface area (Å²) in [6.45, 7) is 0. The van der Waals surface area contributed by atoms with Gasteiger partial charge in [0.15, 0.2) is 5.11 Å². The van der Waals surface area contributed by atoms with Crippen LogP contribution in [0, 0.1) is 0 Å². The van der Waals surface area contributed by atoms with Crippen molar-refractivity contribution < 1.29 is 18.0 Å². The number of rotatable bonds is 2. The summed E-state index contributed by atoms with van der Waals surface area (Å²) in [4.78, 5) is 12.0. The summed E-state index contributed by atoms with van der Waals surface area (Å²) in [5.41, 5.74) is -0.338. The van der Waals surface area contributed by atoms with Crippen molar-refractivity contribution in [3.63, 3.8) is 0 Å². The van der Waals surface area contributed by atoms with Gasteiger partial charge >= 0.3 is 6.18 Å². The number of hydrogen-bond acceptors (Lipinski definition) is 2. The normalized spacial score (nSPS) is 11.0. The number of hydrogen-bond donors (Lipinski definition) is 2. The Morgan fingerprint density at radius 3 is 2.29 bits per heavy atom. The van der Waals surface area contributed by atoms with E-state index in [4.69, 9.17) is 23.8 Å². The molecule has 0 unspecified atom stereocenters. The predicted molar refractivity (Wildman–Crippen MR) is 94.3 cm³/mol. The lowest BCUT2D eigenvalue weighted by atomic mass is 10.2. The number of thiocarbonyl (C=S) groups is 1. The minimum Gasteiger partial charge on any atom is -0.331 e. The largest absolute Gasteiger partial charge is 0.416 e. The molecule has 0 atom stereocenters. The van der Waals surface area contributed by atoms with E-state index in [9.17, 15) is 18.0 Å². The van der Waals surface area contributed by atoms with Crippen molar-refractivity contribution in [1.82, 2.24) is 5.32 Å². The molecule has 0 aliphatic heterocycles. The maximum Gasteiger partial charge on any atom is 0.416 e. The predicted octanol–water partition coefficient (Wildman–Crippen LogP) is 5.25. The molecule has 1 amide bonds. The topological polar surface area (TPSA) is 41.1 Å². The molecule has 0 heterocycles. The third-order valence-corrected chi connectivity index (χ3v) is 3.92. The van der Waals surface area contributed by atoms with E-state index in [0.29, 0.717) is 5.56 Å². The molecular formula is C15H9BrClF3N2OS. The van der Waals surface area contributed by atoms with E-state index in [1.807, 2.05) is 0 Å². The van der Waals surface area contributed by atoms with Crippen LogP contribution < -0.4 is 10.6 Å². The second-order valence-corrected chi connectivity index (χ2v) is 6.34. The summed E-state index contributed by atoms with van der Waals surface area (Å²) in [5, 5.41) is 4.77. The maximum absolute atomic E-state index is 12.6. The van der Waals surface area contributed by atoms with Gasteiger partial charge in [-0.15, -0.1) is 0 Å². The van der Waals surface area contributed by atoms with Gasteiger partial charge in [-0.1, -0.05) is 27.5 Å². The van der Waals surface area contributed by atoms with Gasteiger partial charge < -0.3 is 5.32 Å². The molecule has 126 valence electrons. The van der Waals surface area contributed by atoms with Crippen molar-refractivity contribution in [2.45, 2.75) is 6.18 Å². The quantitative estimate of drug-likeness (QED) is 0.631. The van der Waals surface area contributed by atoms with Gasteiger partial charge in [0, 0.05) is 10.0 Å². The molecule has 2 N–H and O–H groups in total. The number of amides is 1. The lowest BCUT2D eigenvalue weighted by molar-refractivity contribution is -0.137. The lowest BCUT2D eigenvalue weighted by Crippen LogP contribution is -2.34. The van der Waals surface area contributed by atoms with Gasteiger partial charge in [0.25, 0.3) is 5.91 Å². The summed E-state index contributed by atoms with van der Waals surface area (Å²) in [7, 11) is 0. The Morgan fingerprint density at radius 1 is 1.12 bits per heavy atom. The van der Waals surface area contributed by atoms with Crippen LogP contribution >= 0.6 is 39.7 Å². The number of carbonyl (C=O) groups is 1. The van der Waals surface area contributed by atoms with Crippen LogP contribution in [0.4, 0.5) is 18.9 Å². The number of carbonyl (C=O) groups excluding carboxylic acids is 1. The zero-order valence-electron chi connectivity index (χ0n) is 11.7. The highest BCUT2D eigenvalue weighted by Crippen LogP contribution is 2.33. The molecular weight excluding hydrogens is 429 g/mol. The van der Waals surface area contributed by atoms with Crippen LogP contribution in [0.15, 0.2) is 46.9 Å². The van der Waals surface area contributed by atoms with Crippen molar-refractivity contribution in [2.75, 3.05) is 5.32 Å². The van der Waals surface area contributed by atoms with Crippen LogP contribution in [0.2, 0.25) is 5.02 Å². The fourth-order valence-electron chi connectivity index (χ4n) is 1.72.